The van der Waals surface area contributed by atoms with Crippen LogP contribution in [-0.4, -0.2) is 41.6 Å². The van der Waals surface area contributed by atoms with Crippen molar-refractivity contribution in [2.24, 2.45) is 0 Å². The van der Waals surface area contributed by atoms with E-state index in [0.29, 0.717) is 29.5 Å². The highest BCUT2D eigenvalue weighted by Crippen LogP contribution is 2.41. The van der Waals surface area contributed by atoms with E-state index in [1.54, 1.807) is 36.2 Å². The number of methoxy groups -OCH3 is 1. The molecule has 3 rings (SSSR count). The Kier molecular flexibility index (Phi) is 6.06. The van der Waals surface area contributed by atoms with Gasteiger partial charge in [-0.3, -0.25) is 10.1 Å². The fraction of sp³-hybridized carbons (Fsp3) is 0.350. The molecule has 1 fully saturated rings. The molecule has 0 aliphatic heterocycles. The van der Waals surface area contributed by atoms with Crippen LogP contribution in [0.1, 0.15) is 47.6 Å². The van der Waals surface area contributed by atoms with Crippen molar-refractivity contribution in [1.29, 1.82) is 0 Å². The fourth-order valence-electron chi connectivity index (χ4n) is 2.89. The molecule has 1 saturated carbocycles. The molecule has 152 valence electrons. The smallest absolute Gasteiger partial charge is 0.357 e. The zero-order chi connectivity index (χ0) is 21.0. The molecule has 1 aliphatic rings. The van der Waals surface area contributed by atoms with E-state index in [-0.39, 0.29) is 17.3 Å². The number of rotatable bonds is 8. The quantitative estimate of drug-likeness (QED) is 0.286. The van der Waals surface area contributed by atoms with Crippen molar-refractivity contribution in [3.63, 3.8) is 0 Å². The lowest BCUT2D eigenvalue weighted by Gasteiger charge is -2.22. The number of aromatic nitrogens is 2. The van der Waals surface area contributed by atoms with Crippen LogP contribution in [-0.2, 0) is 9.47 Å². The second-order valence-electron chi connectivity index (χ2n) is 6.50. The lowest BCUT2D eigenvalue weighted by molar-refractivity contribution is -0.384. The van der Waals surface area contributed by atoms with Crippen LogP contribution in [0.15, 0.2) is 30.5 Å². The Labute approximate surface area is 168 Å². The lowest BCUT2D eigenvalue weighted by atomic mass is 10.1. The minimum absolute atomic E-state index is 0.0686. The van der Waals surface area contributed by atoms with Crippen molar-refractivity contribution in [1.82, 2.24) is 9.97 Å². The van der Waals surface area contributed by atoms with E-state index in [0.717, 1.165) is 12.8 Å². The van der Waals surface area contributed by atoms with Gasteiger partial charge >= 0.3 is 5.97 Å². The topological polar surface area (TPSA) is 108 Å². The van der Waals surface area contributed by atoms with Gasteiger partial charge in [-0.15, -0.1) is 0 Å². The Morgan fingerprint density at radius 1 is 1.34 bits per heavy atom. The minimum Gasteiger partial charge on any atom is -0.501 e. The van der Waals surface area contributed by atoms with Gasteiger partial charge in [0.15, 0.2) is 5.69 Å². The molecule has 1 aromatic carbocycles. The average Bonchev–Trinajstić information content (AvgIpc) is 3.58. The van der Waals surface area contributed by atoms with Gasteiger partial charge in [0.1, 0.15) is 17.3 Å². The lowest BCUT2D eigenvalue weighted by Crippen LogP contribution is -2.19. The van der Waals surface area contributed by atoms with Crippen LogP contribution in [0.25, 0.3) is 6.08 Å². The predicted octanol–water partition coefficient (Wildman–Crippen LogP) is 3.82. The monoisotopic (exact) mass is 398 g/mol. The van der Waals surface area contributed by atoms with Gasteiger partial charge in [-0.25, -0.2) is 14.8 Å². The summed E-state index contributed by atoms with van der Waals surface area (Å²) in [5.74, 6) is 0.454. The number of hydrogen-bond donors (Lipinski definition) is 0. The summed E-state index contributed by atoms with van der Waals surface area (Å²) in [4.78, 5) is 34.1. The van der Waals surface area contributed by atoms with Crippen molar-refractivity contribution in [2.75, 3.05) is 25.7 Å². The van der Waals surface area contributed by atoms with E-state index in [9.17, 15) is 14.9 Å². The van der Waals surface area contributed by atoms with Gasteiger partial charge in [0, 0.05) is 19.0 Å². The van der Waals surface area contributed by atoms with E-state index in [1.165, 1.54) is 19.4 Å². The van der Waals surface area contributed by atoms with Gasteiger partial charge in [0.25, 0.3) is 5.69 Å². The summed E-state index contributed by atoms with van der Waals surface area (Å²) in [5.41, 5.74) is 0.747. The maximum absolute atomic E-state index is 12.4. The number of esters is 1. The first-order valence-electron chi connectivity index (χ1n) is 9.23. The van der Waals surface area contributed by atoms with Crippen molar-refractivity contribution in [2.45, 2.75) is 25.7 Å². The van der Waals surface area contributed by atoms with Crippen molar-refractivity contribution >= 4 is 29.2 Å². The number of nitro groups is 1. The number of para-hydroxylation sites is 2. The minimum atomic E-state index is -0.609. The predicted molar refractivity (Wildman–Crippen MR) is 107 cm³/mol. The number of carbonyl (C=O) groups is 1. The molecule has 9 heteroatoms. The number of benzene rings is 1. The summed E-state index contributed by atoms with van der Waals surface area (Å²) in [6.45, 7) is 2.28. The SMILES string of the molecule is CCOC=Cc1c(C(=O)OC)nc(C2CC2)nc1N(C)c1ccccc1[N+](=O)[O-]. The average molecular weight is 398 g/mol. The van der Waals surface area contributed by atoms with E-state index in [2.05, 4.69) is 9.97 Å². The number of nitro benzene ring substituents is 1. The van der Waals surface area contributed by atoms with Crippen LogP contribution < -0.4 is 4.90 Å². The van der Waals surface area contributed by atoms with E-state index in [4.69, 9.17) is 9.47 Å². The van der Waals surface area contributed by atoms with E-state index < -0.39 is 10.9 Å². The standard InChI is InChI=1S/C20H22N4O5/c1-4-29-12-11-14-17(20(25)28-3)21-18(13-9-10-13)22-19(14)23(2)15-7-5-6-8-16(15)24(26)27/h5-8,11-13H,4,9-10H2,1-3H3. The molecular formula is C20H22N4O5. The molecule has 9 nitrogen and oxygen atoms in total. The molecule has 0 unspecified atom stereocenters. The molecule has 1 heterocycles. The molecule has 1 aromatic heterocycles. The zero-order valence-electron chi connectivity index (χ0n) is 16.5. The molecule has 0 N–H and O–H groups in total. The second kappa shape index (κ2) is 8.68. The normalized spacial score (nSPS) is 13.3. The molecule has 0 amide bonds. The highest BCUT2D eigenvalue weighted by Gasteiger charge is 2.31. The molecule has 0 bridgehead atoms. The largest absolute Gasteiger partial charge is 0.501 e. The third kappa shape index (κ3) is 4.34. The zero-order valence-corrected chi connectivity index (χ0v) is 16.5. The molecule has 0 spiro atoms. The van der Waals surface area contributed by atoms with Crippen LogP contribution in [0.5, 0.6) is 0 Å². The summed E-state index contributed by atoms with van der Waals surface area (Å²) in [7, 11) is 2.95. The highest BCUT2D eigenvalue weighted by molar-refractivity contribution is 5.94. The Balaban J connectivity index is 2.21. The van der Waals surface area contributed by atoms with E-state index >= 15 is 0 Å². The summed E-state index contributed by atoms with van der Waals surface area (Å²) in [5, 5.41) is 11.5. The first-order chi connectivity index (χ1) is 14.0. The summed E-state index contributed by atoms with van der Waals surface area (Å²) in [6.07, 6.45) is 4.89. The molecule has 29 heavy (non-hydrogen) atoms. The molecule has 2 aromatic rings. The Hall–Kier alpha value is -3.49. The van der Waals surface area contributed by atoms with Crippen LogP contribution in [0.4, 0.5) is 17.2 Å². The fourth-order valence-corrected chi connectivity index (χ4v) is 2.89. The summed E-state index contributed by atoms with van der Waals surface area (Å²) < 4.78 is 10.2. The molecule has 1 aliphatic carbocycles. The van der Waals surface area contributed by atoms with Gasteiger partial charge < -0.3 is 14.4 Å². The van der Waals surface area contributed by atoms with Crippen molar-refractivity contribution in [3.8, 4) is 0 Å². The molecule has 0 radical (unpaired) electrons. The Bertz CT molecular complexity index is 956. The van der Waals surface area contributed by atoms with Crippen LogP contribution in [0.2, 0.25) is 0 Å². The number of hydrogen-bond acceptors (Lipinski definition) is 8. The Morgan fingerprint density at radius 2 is 2.07 bits per heavy atom. The third-order valence-electron chi connectivity index (χ3n) is 4.52. The number of ether oxygens (including phenoxy) is 2. The van der Waals surface area contributed by atoms with E-state index in [1.807, 2.05) is 6.92 Å². The molecular weight excluding hydrogens is 376 g/mol. The van der Waals surface area contributed by atoms with Crippen molar-refractivity contribution < 1.29 is 19.2 Å². The third-order valence-corrected chi connectivity index (χ3v) is 4.52. The molecule has 0 saturated heterocycles. The first-order valence-corrected chi connectivity index (χ1v) is 9.23. The van der Waals surface area contributed by atoms with Crippen LogP contribution >= 0.6 is 0 Å². The van der Waals surface area contributed by atoms with Crippen LogP contribution in [0.3, 0.4) is 0 Å². The second-order valence-corrected chi connectivity index (χ2v) is 6.50. The number of anilines is 2. The first kappa shape index (κ1) is 20.2. The summed E-state index contributed by atoms with van der Waals surface area (Å²) in [6, 6.07) is 6.36. The molecule has 0 atom stereocenters. The number of nitrogens with zero attached hydrogens (tertiary/aromatic N) is 4. The highest BCUT2D eigenvalue weighted by atomic mass is 16.6. The maximum atomic E-state index is 12.4. The van der Waals surface area contributed by atoms with Gasteiger partial charge in [0.05, 0.1) is 30.5 Å². The van der Waals surface area contributed by atoms with Gasteiger partial charge in [0.2, 0.25) is 0 Å². The van der Waals surface area contributed by atoms with Gasteiger partial charge in [-0.1, -0.05) is 12.1 Å². The van der Waals surface area contributed by atoms with Gasteiger partial charge in [-0.2, -0.15) is 0 Å². The Morgan fingerprint density at radius 3 is 2.69 bits per heavy atom. The number of carbonyl (C=O) groups excluding carboxylic acids is 1. The van der Waals surface area contributed by atoms with Crippen LogP contribution in [0, 0.1) is 10.1 Å². The van der Waals surface area contributed by atoms with Gasteiger partial charge in [-0.05, 0) is 31.9 Å². The summed E-state index contributed by atoms with van der Waals surface area (Å²) >= 11 is 0. The maximum Gasteiger partial charge on any atom is 0.357 e. The van der Waals surface area contributed by atoms with Crippen molar-refractivity contribution in [3.05, 3.63) is 57.7 Å².